The van der Waals surface area contributed by atoms with Gasteiger partial charge in [-0.05, 0) is 52.2 Å². The van der Waals surface area contributed by atoms with Gasteiger partial charge in [0.15, 0.2) is 0 Å². The second-order valence-corrected chi connectivity index (χ2v) is 8.58. The number of carbonyl (C=O) groups excluding carboxylic acids is 2. The number of aryl methyl sites for hydroxylation is 1. The minimum atomic E-state index is -0.537. The van der Waals surface area contributed by atoms with Crippen LogP contribution in [0.15, 0.2) is 24.3 Å². The van der Waals surface area contributed by atoms with Gasteiger partial charge in [0.25, 0.3) is 0 Å². The summed E-state index contributed by atoms with van der Waals surface area (Å²) in [6.45, 7) is 8.96. The summed E-state index contributed by atoms with van der Waals surface area (Å²) >= 11 is 0. The number of hydrogen-bond donors (Lipinski definition) is 1. The van der Waals surface area contributed by atoms with Crippen LogP contribution >= 0.6 is 0 Å². The van der Waals surface area contributed by atoms with E-state index in [-0.39, 0.29) is 18.5 Å². The Labute approximate surface area is 172 Å². The van der Waals surface area contributed by atoms with Crippen molar-refractivity contribution in [3.63, 3.8) is 0 Å². The van der Waals surface area contributed by atoms with Crippen LogP contribution in [0.4, 0.5) is 4.79 Å². The Kier molecular flexibility index (Phi) is 6.45. The second-order valence-electron chi connectivity index (χ2n) is 8.58. The molecular weight excluding hydrogens is 368 g/mol. The van der Waals surface area contributed by atoms with Gasteiger partial charge in [0.2, 0.25) is 5.91 Å². The van der Waals surface area contributed by atoms with Crippen molar-refractivity contribution in [2.75, 3.05) is 13.1 Å². The summed E-state index contributed by atoms with van der Waals surface area (Å²) < 4.78 is 7.34. The van der Waals surface area contributed by atoms with Crippen LogP contribution in [0.25, 0.3) is 11.0 Å². The lowest BCUT2D eigenvalue weighted by Gasteiger charge is -2.36. The molecule has 2 aromatic rings. The molecule has 1 aliphatic heterocycles. The van der Waals surface area contributed by atoms with Gasteiger partial charge in [-0.25, -0.2) is 9.78 Å². The average Bonchev–Trinajstić information content (AvgIpc) is 3.03. The first-order valence-corrected chi connectivity index (χ1v) is 10.5. The van der Waals surface area contributed by atoms with Gasteiger partial charge in [-0.1, -0.05) is 19.1 Å². The first-order valence-electron chi connectivity index (χ1n) is 10.5. The normalized spacial score (nSPS) is 17.4. The topological polar surface area (TPSA) is 76.5 Å². The zero-order valence-corrected chi connectivity index (χ0v) is 17.9. The summed E-state index contributed by atoms with van der Waals surface area (Å²) in [5.41, 5.74) is 1.36. The molecule has 0 saturated carbocycles. The van der Waals surface area contributed by atoms with Crippen LogP contribution in [-0.2, 0) is 22.5 Å². The minimum Gasteiger partial charge on any atom is -0.444 e. The first kappa shape index (κ1) is 21.1. The third-order valence-corrected chi connectivity index (χ3v) is 5.17. The Bertz CT molecular complexity index is 869. The second kappa shape index (κ2) is 8.84. The number of likely N-dealkylation sites (tertiary alicyclic amines) is 1. The number of carbonyl (C=O) groups is 2. The molecule has 2 heterocycles. The van der Waals surface area contributed by atoms with Gasteiger partial charge in [0.1, 0.15) is 18.0 Å². The number of nitrogens with zero attached hydrogens (tertiary/aromatic N) is 3. The minimum absolute atomic E-state index is 0.0105. The summed E-state index contributed by atoms with van der Waals surface area (Å²) in [4.78, 5) is 31.8. The van der Waals surface area contributed by atoms with Crippen molar-refractivity contribution >= 4 is 23.0 Å². The molecule has 7 heteroatoms. The number of benzene rings is 1. The number of aromatic nitrogens is 2. The van der Waals surface area contributed by atoms with Gasteiger partial charge >= 0.3 is 6.09 Å². The number of piperidine rings is 1. The Hall–Kier alpha value is -2.57. The van der Waals surface area contributed by atoms with Gasteiger partial charge in [-0.3, -0.25) is 4.79 Å². The van der Waals surface area contributed by atoms with Crippen LogP contribution in [0, 0.1) is 0 Å². The van der Waals surface area contributed by atoms with Crippen LogP contribution < -0.4 is 5.32 Å². The highest BCUT2D eigenvalue weighted by Gasteiger charge is 2.28. The SMILES string of the molecule is CCc1nc2ccccc2n1CC(=O)N1CCCCC1CNC(=O)OC(C)(C)C. The van der Waals surface area contributed by atoms with Crippen molar-refractivity contribution in [3.8, 4) is 0 Å². The van der Waals surface area contributed by atoms with E-state index in [1.165, 1.54) is 0 Å². The van der Waals surface area contributed by atoms with Crippen molar-refractivity contribution in [3.05, 3.63) is 30.1 Å². The molecule has 0 bridgehead atoms. The Morgan fingerprint density at radius 3 is 2.72 bits per heavy atom. The summed E-state index contributed by atoms with van der Waals surface area (Å²) in [5, 5.41) is 2.83. The predicted molar refractivity (Wildman–Crippen MR) is 113 cm³/mol. The molecule has 1 aromatic heterocycles. The van der Waals surface area contributed by atoms with Crippen LogP contribution in [0.2, 0.25) is 0 Å². The number of ether oxygens (including phenoxy) is 1. The molecule has 0 aliphatic carbocycles. The van der Waals surface area contributed by atoms with Gasteiger partial charge in [0, 0.05) is 25.6 Å². The van der Waals surface area contributed by atoms with E-state index < -0.39 is 11.7 Å². The fourth-order valence-corrected chi connectivity index (χ4v) is 3.85. The molecule has 0 spiro atoms. The quantitative estimate of drug-likeness (QED) is 0.833. The fraction of sp³-hybridized carbons (Fsp3) is 0.591. The Morgan fingerprint density at radius 2 is 2.00 bits per heavy atom. The summed E-state index contributed by atoms with van der Waals surface area (Å²) in [6, 6.07) is 7.91. The van der Waals surface area contributed by atoms with Crippen molar-refractivity contribution < 1.29 is 14.3 Å². The number of imidazole rings is 1. The maximum absolute atomic E-state index is 13.2. The van der Waals surface area contributed by atoms with Crippen LogP contribution in [-0.4, -0.2) is 51.2 Å². The monoisotopic (exact) mass is 400 g/mol. The van der Waals surface area contributed by atoms with Crippen LogP contribution in [0.3, 0.4) is 0 Å². The lowest BCUT2D eigenvalue weighted by molar-refractivity contribution is -0.135. The Balaban J connectivity index is 1.69. The molecule has 3 rings (SSSR count). The zero-order chi connectivity index (χ0) is 21.0. The third-order valence-electron chi connectivity index (χ3n) is 5.17. The number of nitrogens with one attached hydrogen (secondary N) is 1. The number of rotatable bonds is 5. The van der Waals surface area contributed by atoms with Gasteiger partial charge in [-0.15, -0.1) is 0 Å². The molecule has 29 heavy (non-hydrogen) atoms. The molecule has 1 aromatic carbocycles. The van der Waals surface area contributed by atoms with E-state index in [1.807, 2.05) is 54.5 Å². The highest BCUT2D eigenvalue weighted by molar-refractivity contribution is 5.81. The maximum Gasteiger partial charge on any atom is 0.407 e. The van der Waals surface area contributed by atoms with Gasteiger partial charge in [-0.2, -0.15) is 0 Å². The lowest BCUT2D eigenvalue weighted by atomic mass is 10.0. The van der Waals surface area contributed by atoms with E-state index in [4.69, 9.17) is 4.74 Å². The molecule has 0 radical (unpaired) electrons. The van der Waals surface area contributed by atoms with E-state index in [0.717, 1.165) is 42.5 Å². The van der Waals surface area contributed by atoms with Gasteiger partial charge in [0.05, 0.1) is 11.0 Å². The van der Waals surface area contributed by atoms with E-state index in [2.05, 4.69) is 17.2 Å². The summed E-state index contributed by atoms with van der Waals surface area (Å²) in [7, 11) is 0. The van der Waals surface area contributed by atoms with E-state index in [9.17, 15) is 9.59 Å². The first-order chi connectivity index (χ1) is 13.8. The van der Waals surface area contributed by atoms with Crippen LogP contribution in [0.1, 0.15) is 52.8 Å². The van der Waals surface area contributed by atoms with Crippen molar-refractivity contribution in [2.45, 2.75) is 71.6 Å². The van der Waals surface area contributed by atoms with Crippen molar-refractivity contribution in [2.24, 2.45) is 0 Å². The number of para-hydroxylation sites is 2. The molecule has 158 valence electrons. The maximum atomic E-state index is 13.2. The average molecular weight is 401 g/mol. The van der Waals surface area contributed by atoms with E-state index in [1.54, 1.807) is 0 Å². The number of alkyl carbamates (subject to hydrolysis) is 1. The summed E-state index contributed by atoms with van der Waals surface area (Å²) in [6.07, 6.45) is 3.25. The highest BCUT2D eigenvalue weighted by Crippen LogP contribution is 2.20. The fourth-order valence-electron chi connectivity index (χ4n) is 3.85. The summed E-state index contributed by atoms with van der Waals surface area (Å²) in [5.74, 6) is 0.985. The Morgan fingerprint density at radius 1 is 1.24 bits per heavy atom. The van der Waals surface area contributed by atoms with E-state index in [0.29, 0.717) is 13.1 Å². The van der Waals surface area contributed by atoms with Crippen molar-refractivity contribution in [1.82, 2.24) is 19.8 Å². The molecule has 2 amide bonds. The molecule has 1 atom stereocenters. The van der Waals surface area contributed by atoms with E-state index >= 15 is 0 Å². The number of fused-ring (bicyclic) bond motifs is 1. The molecule has 1 saturated heterocycles. The lowest BCUT2D eigenvalue weighted by Crippen LogP contribution is -2.50. The van der Waals surface area contributed by atoms with Crippen LogP contribution in [0.5, 0.6) is 0 Å². The smallest absolute Gasteiger partial charge is 0.407 e. The largest absolute Gasteiger partial charge is 0.444 e. The zero-order valence-electron chi connectivity index (χ0n) is 17.9. The third kappa shape index (κ3) is 5.28. The molecule has 1 aliphatic rings. The number of amides is 2. The highest BCUT2D eigenvalue weighted by atomic mass is 16.6. The molecule has 1 unspecified atom stereocenters. The molecule has 1 fully saturated rings. The van der Waals surface area contributed by atoms with Gasteiger partial charge < -0.3 is 19.5 Å². The molecule has 1 N–H and O–H groups in total. The number of hydrogen-bond acceptors (Lipinski definition) is 4. The molecule has 7 nitrogen and oxygen atoms in total. The standard InChI is InChI=1S/C22H32N4O3/c1-5-19-24-17-11-6-7-12-18(17)26(19)15-20(27)25-13-9-8-10-16(25)14-23-21(28)29-22(2,3)4/h6-7,11-12,16H,5,8-10,13-15H2,1-4H3,(H,23,28). The predicted octanol–water partition coefficient (Wildman–Crippen LogP) is 3.50. The van der Waals surface area contributed by atoms with Crippen molar-refractivity contribution in [1.29, 1.82) is 0 Å². The molecular formula is C22H32N4O3.